The van der Waals surface area contributed by atoms with Gasteiger partial charge in [0.05, 0.1) is 13.2 Å². The number of pyridine rings is 1. The van der Waals surface area contributed by atoms with E-state index in [1.807, 2.05) is 0 Å². The number of rotatable bonds is 1. The molecule has 3 aromatic rings. The number of aryl methyl sites for hydroxylation is 2. The molecule has 2 nitrogen and oxygen atoms in total. The van der Waals surface area contributed by atoms with Gasteiger partial charge in [-0.2, -0.15) is 0 Å². The molecule has 4 rings (SSSR count). The Kier molecular flexibility index (Phi) is 4.14. The van der Waals surface area contributed by atoms with Gasteiger partial charge in [-0.1, -0.05) is 63.2 Å². The SMILES string of the molecule is CB1c2ccccc2C(C(C)(C)C)=CN1c1cc(C)c2ccccc2[n+]1C. The molecular formula is C24H28BN2+. The maximum absolute atomic E-state index is 2.45. The highest BCUT2D eigenvalue weighted by atomic mass is 15.2. The summed E-state index contributed by atoms with van der Waals surface area (Å²) >= 11 is 0. The normalized spacial score (nSPS) is 14.4. The lowest BCUT2D eigenvalue weighted by atomic mass is 9.52. The second-order valence-corrected chi connectivity index (χ2v) is 8.72. The van der Waals surface area contributed by atoms with Crippen LogP contribution in [0, 0.1) is 12.3 Å². The lowest BCUT2D eigenvalue weighted by Crippen LogP contribution is -2.52. The zero-order chi connectivity index (χ0) is 19.3. The Bertz CT molecular complexity index is 1060. The Labute approximate surface area is 163 Å². The highest BCUT2D eigenvalue weighted by Gasteiger charge is 2.39. The van der Waals surface area contributed by atoms with Crippen LogP contribution in [0.25, 0.3) is 16.5 Å². The summed E-state index contributed by atoms with van der Waals surface area (Å²) in [5.41, 5.74) is 6.84. The van der Waals surface area contributed by atoms with Gasteiger partial charge in [0.15, 0.2) is 0 Å². The fourth-order valence-corrected chi connectivity index (χ4v) is 4.28. The molecule has 0 spiro atoms. The van der Waals surface area contributed by atoms with E-state index >= 15 is 0 Å². The number of nitrogens with zero attached hydrogens (tertiary/aromatic N) is 2. The van der Waals surface area contributed by atoms with Crippen LogP contribution >= 0.6 is 0 Å². The van der Waals surface area contributed by atoms with Crippen LogP contribution in [0.4, 0.5) is 5.82 Å². The van der Waals surface area contributed by atoms with Crippen molar-refractivity contribution in [3.8, 4) is 0 Å². The first-order valence-corrected chi connectivity index (χ1v) is 9.77. The molecule has 1 aliphatic heterocycles. The molecule has 0 saturated heterocycles. The Balaban J connectivity index is 1.97. The van der Waals surface area contributed by atoms with Gasteiger partial charge in [0.2, 0.25) is 0 Å². The van der Waals surface area contributed by atoms with Gasteiger partial charge < -0.3 is 0 Å². The number of hydrogen-bond donors (Lipinski definition) is 0. The molecule has 0 saturated carbocycles. The van der Waals surface area contributed by atoms with Gasteiger partial charge in [0.1, 0.15) is 5.52 Å². The average Bonchev–Trinajstić information content (AvgIpc) is 2.64. The molecule has 0 fully saturated rings. The summed E-state index contributed by atoms with van der Waals surface area (Å²) in [6.45, 7) is 11.7. The molecule has 0 radical (unpaired) electrons. The topological polar surface area (TPSA) is 7.12 Å². The quantitative estimate of drug-likeness (QED) is 0.453. The summed E-state index contributed by atoms with van der Waals surface area (Å²) in [7, 11) is 2.18. The zero-order valence-electron chi connectivity index (χ0n) is 17.2. The van der Waals surface area contributed by atoms with E-state index in [2.05, 4.69) is 112 Å². The van der Waals surface area contributed by atoms with Crippen LogP contribution in [-0.2, 0) is 7.05 Å². The first-order chi connectivity index (χ1) is 12.8. The third-order valence-corrected chi connectivity index (χ3v) is 5.84. The fourth-order valence-electron chi connectivity index (χ4n) is 4.28. The second-order valence-electron chi connectivity index (χ2n) is 8.72. The minimum absolute atomic E-state index is 0.0823. The smallest absolute Gasteiger partial charge is 0.293 e. The Morgan fingerprint density at radius 2 is 1.63 bits per heavy atom. The van der Waals surface area contributed by atoms with Crippen LogP contribution in [0.2, 0.25) is 6.82 Å². The molecule has 0 N–H and O–H groups in total. The Morgan fingerprint density at radius 3 is 2.37 bits per heavy atom. The molecule has 0 atom stereocenters. The minimum Gasteiger partial charge on any atom is -0.293 e. The predicted molar refractivity (Wildman–Crippen MR) is 117 cm³/mol. The van der Waals surface area contributed by atoms with Crippen molar-refractivity contribution in [1.29, 1.82) is 0 Å². The molecule has 1 aliphatic rings. The summed E-state index contributed by atoms with van der Waals surface area (Å²) in [4.78, 5) is 2.45. The first kappa shape index (κ1) is 17.8. The minimum atomic E-state index is 0.0823. The number of benzene rings is 2. The molecule has 0 amide bonds. The van der Waals surface area contributed by atoms with Crippen LogP contribution in [0.5, 0.6) is 0 Å². The van der Waals surface area contributed by atoms with Crippen molar-refractivity contribution in [2.24, 2.45) is 12.5 Å². The molecule has 136 valence electrons. The molecule has 27 heavy (non-hydrogen) atoms. The van der Waals surface area contributed by atoms with E-state index in [0.717, 1.165) is 0 Å². The highest BCUT2D eigenvalue weighted by molar-refractivity contribution is 6.77. The zero-order valence-corrected chi connectivity index (χ0v) is 17.2. The van der Waals surface area contributed by atoms with Gasteiger partial charge in [-0.15, -0.1) is 0 Å². The summed E-state index contributed by atoms with van der Waals surface area (Å²) in [5, 5.41) is 1.31. The van der Waals surface area contributed by atoms with Gasteiger partial charge in [0.25, 0.3) is 5.82 Å². The fraction of sp³-hybridized carbons (Fsp3) is 0.292. The van der Waals surface area contributed by atoms with Crippen molar-refractivity contribution in [3.63, 3.8) is 0 Å². The third-order valence-electron chi connectivity index (χ3n) is 5.84. The molecule has 1 aromatic heterocycles. The molecule has 3 heteroatoms. The van der Waals surface area contributed by atoms with E-state index in [4.69, 9.17) is 0 Å². The number of allylic oxidation sites excluding steroid dienone is 1. The third kappa shape index (κ3) is 2.86. The largest absolute Gasteiger partial charge is 0.409 e. The van der Waals surface area contributed by atoms with Crippen molar-refractivity contribution in [2.75, 3.05) is 4.81 Å². The van der Waals surface area contributed by atoms with E-state index in [1.54, 1.807) is 0 Å². The number of para-hydroxylation sites is 1. The summed E-state index contributed by atoms with van der Waals surface area (Å²) in [5.74, 6) is 1.23. The Hall–Kier alpha value is -2.55. The molecule has 0 aliphatic carbocycles. The van der Waals surface area contributed by atoms with Crippen molar-refractivity contribution in [2.45, 2.75) is 34.5 Å². The molecule has 2 heterocycles. The maximum Gasteiger partial charge on any atom is 0.409 e. The van der Waals surface area contributed by atoms with Crippen molar-refractivity contribution >= 4 is 34.6 Å². The number of anilines is 1. The van der Waals surface area contributed by atoms with Gasteiger partial charge in [0, 0.05) is 17.0 Å². The maximum atomic E-state index is 2.45. The van der Waals surface area contributed by atoms with Crippen LogP contribution < -0.4 is 14.8 Å². The number of hydrogen-bond acceptors (Lipinski definition) is 1. The lowest BCUT2D eigenvalue weighted by Gasteiger charge is -2.33. The van der Waals surface area contributed by atoms with Gasteiger partial charge >= 0.3 is 6.85 Å². The summed E-state index contributed by atoms with van der Waals surface area (Å²) in [6.07, 6.45) is 2.37. The van der Waals surface area contributed by atoms with E-state index in [1.165, 1.54) is 38.9 Å². The standard InChI is InChI=1S/C24H28BN2/c1-17-15-23(26(6)22-14-10-8-11-18(17)22)27-16-20(24(2,3)4)19-12-7-9-13-21(19)25(27)5/h7-16H,1-6H3/q+1. The van der Waals surface area contributed by atoms with Crippen molar-refractivity contribution in [1.82, 2.24) is 0 Å². The average molecular weight is 355 g/mol. The van der Waals surface area contributed by atoms with Crippen LogP contribution in [0.15, 0.2) is 60.8 Å². The van der Waals surface area contributed by atoms with E-state index in [0.29, 0.717) is 6.85 Å². The van der Waals surface area contributed by atoms with Crippen molar-refractivity contribution in [3.05, 3.63) is 71.9 Å². The number of aromatic nitrogens is 1. The van der Waals surface area contributed by atoms with Crippen molar-refractivity contribution < 1.29 is 4.57 Å². The molecule has 0 unspecified atom stereocenters. The molecular weight excluding hydrogens is 327 g/mol. The van der Waals surface area contributed by atoms with E-state index in [9.17, 15) is 0 Å². The predicted octanol–water partition coefficient (Wildman–Crippen LogP) is 4.71. The second kappa shape index (κ2) is 6.26. The number of fused-ring (bicyclic) bond motifs is 2. The van der Waals surface area contributed by atoms with Crippen LogP contribution in [-0.4, -0.2) is 6.85 Å². The van der Waals surface area contributed by atoms with Crippen LogP contribution in [0.3, 0.4) is 0 Å². The van der Waals surface area contributed by atoms with Crippen LogP contribution in [0.1, 0.15) is 31.9 Å². The Morgan fingerprint density at radius 1 is 0.963 bits per heavy atom. The summed E-state index contributed by atoms with van der Waals surface area (Å²) in [6, 6.07) is 19.8. The lowest BCUT2D eigenvalue weighted by molar-refractivity contribution is -0.631. The summed E-state index contributed by atoms with van der Waals surface area (Å²) < 4.78 is 2.32. The first-order valence-electron chi connectivity index (χ1n) is 9.77. The van der Waals surface area contributed by atoms with E-state index in [-0.39, 0.29) is 5.41 Å². The highest BCUT2D eigenvalue weighted by Crippen LogP contribution is 2.37. The van der Waals surface area contributed by atoms with Gasteiger partial charge in [-0.3, -0.25) is 4.81 Å². The molecule has 0 bridgehead atoms. The molecule has 2 aromatic carbocycles. The van der Waals surface area contributed by atoms with E-state index < -0.39 is 0 Å². The van der Waals surface area contributed by atoms with Gasteiger partial charge in [-0.05, 0) is 41.8 Å². The monoisotopic (exact) mass is 355 g/mol. The van der Waals surface area contributed by atoms with Gasteiger partial charge in [-0.25, -0.2) is 4.57 Å².